The number of nitrogens with zero attached hydrogens (tertiary/aromatic N) is 1. The van der Waals surface area contributed by atoms with Gasteiger partial charge in [0.05, 0.1) is 5.56 Å². The van der Waals surface area contributed by atoms with Crippen LogP contribution in [0.15, 0.2) is 29.2 Å². The van der Waals surface area contributed by atoms with Gasteiger partial charge in [-0.1, -0.05) is 32.9 Å². The molecule has 6 nitrogen and oxygen atoms in total. The Labute approximate surface area is 143 Å². The highest BCUT2D eigenvalue weighted by molar-refractivity contribution is 7.90. The zero-order valence-corrected chi connectivity index (χ0v) is 15.5. The standard InChI is InChI=1S/C17H24N2O4S/c1-16(2,3)11-17(4,5)18-14(20)10-19-15(21)12-8-6-7-9-13(12)24(19,22)23/h6-9H,10-11H2,1-5H3,(H,18,20). The summed E-state index contributed by atoms with van der Waals surface area (Å²) in [4.78, 5) is 24.6. The SMILES string of the molecule is CC(C)(C)CC(C)(C)NC(=O)CN1C(=O)c2ccccc2S1(=O)=O. The Morgan fingerprint density at radius 2 is 1.71 bits per heavy atom. The van der Waals surface area contributed by atoms with Crippen LogP contribution in [0.2, 0.25) is 0 Å². The molecule has 2 amide bonds. The highest BCUT2D eigenvalue weighted by Crippen LogP contribution is 2.30. The van der Waals surface area contributed by atoms with E-state index in [0.717, 1.165) is 0 Å². The first-order valence-electron chi connectivity index (χ1n) is 7.81. The smallest absolute Gasteiger partial charge is 0.269 e. The van der Waals surface area contributed by atoms with Crippen molar-refractivity contribution in [1.29, 1.82) is 0 Å². The molecule has 0 fully saturated rings. The lowest BCUT2D eigenvalue weighted by Gasteiger charge is -2.33. The van der Waals surface area contributed by atoms with Gasteiger partial charge in [-0.05, 0) is 37.8 Å². The molecule has 1 heterocycles. The second-order valence-electron chi connectivity index (χ2n) is 7.98. The molecule has 2 rings (SSSR count). The van der Waals surface area contributed by atoms with Gasteiger partial charge in [0.1, 0.15) is 11.4 Å². The van der Waals surface area contributed by atoms with Gasteiger partial charge < -0.3 is 5.32 Å². The highest BCUT2D eigenvalue weighted by atomic mass is 32.2. The molecule has 0 atom stereocenters. The van der Waals surface area contributed by atoms with E-state index in [0.29, 0.717) is 10.7 Å². The van der Waals surface area contributed by atoms with Crippen molar-refractivity contribution in [2.24, 2.45) is 5.41 Å². The molecular weight excluding hydrogens is 328 g/mol. The number of amides is 2. The third kappa shape index (κ3) is 3.77. The number of rotatable bonds is 4. The predicted molar refractivity (Wildman–Crippen MR) is 91.0 cm³/mol. The predicted octanol–water partition coefficient (Wildman–Crippen LogP) is 2.16. The van der Waals surface area contributed by atoms with Gasteiger partial charge in [0, 0.05) is 5.54 Å². The summed E-state index contributed by atoms with van der Waals surface area (Å²) in [6, 6.07) is 5.99. The topological polar surface area (TPSA) is 83.6 Å². The quantitative estimate of drug-likeness (QED) is 0.900. The van der Waals surface area contributed by atoms with Gasteiger partial charge in [-0.15, -0.1) is 0 Å². The molecule has 0 bridgehead atoms. The van der Waals surface area contributed by atoms with E-state index in [2.05, 4.69) is 26.1 Å². The Bertz CT molecular complexity index is 776. The Balaban J connectivity index is 2.15. The van der Waals surface area contributed by atoms with Crippen molar-refractivity contribution in [1.82, 2.24) is 9.62 Å². The Hall–Kier alpha value is -1.89. The summed E-state index contributed by atoms with van der Waals surface area (Å²) >= 11 is 0. The molecule has 0 unspecified atom stereocenters. The van der Waals surface area contributed by atoms with Crippen molar-refractivity contribution in [2.75, 3.05) is 6.54 Å². The molecule has 0 radical (unpaired) electrons. The van der Waals surface area contributed by atoms with E-state index in [1.54, 1.807) is 12.1 Å². The van der Waals surface area contributed by atoms with Gasteiger partial charge in [0.2, 0.25) is 5.91 Å². The van der Waals surface area contributed by atoms with Gasteiger partial charge in [0.25, 0.3) is 15.9 Å². The molecule has 24 heavy (non-hydrogen) atoms. The maximum absolute atomic E-state index is 12.4. The zero-order chi connectivity index (χ0) is 18.3. The van der Waals surface area contributed by atoms with E-state index >= 15 is 0 Å². The minimum absolute atomic E-state index is 0.00254. The summed E-state index contributed by atoms with van der Waals surface area (Å²) in [5.74, 6) is -1.15. The Morgan fingerprint density at radius 1 is 1.12 bits per heavy atom. The molecule has 0 spiro atoms. The van der Waals surface area contributed by atoms with Crippen LogP contribution in [-0.4, -0.2) is 36.6 Å². The first-order valence-corrected chi connectivity index (χ1v) is 9.25. The molecule has 7 heteroatoms. The second-order valence-corrected chi connectivity index (χ2v) is 9.81. The Morgan fingerprint density at radius 3 is 2.25 bits per heavy atom. The number of carbonyl (C=O) groups excluding carboxylic acids is 2. The molecule has 1 aliphatic heterocycles. The number of carbonyl (C=O) groups is 2. The van der Waals surface area contributed by atoms with Crippen molar-refractivity contribution in [3.05, 3.63) is 29.8 Å². The van der Waals surface area contributed by atoms with Crippen LogP contribution in [0, 0.1) is 5.41 Å². The molecule has 0 saturated carbocycles. The van der Waals surface area contributed by atoms with E-state index < -0.39 is 33.9 Å². The normalized spacial score (nSPS) is 16.9. The van der Waals surface area contributed by atoms with Crippen LogP contribution in [0.4, 0.5) is 0 Å². The monoisotopic (exact) mass is 352 g/mol. The summed E-state index contributed by atoms with van der Waals surface area (Å²) in [6.45, 7) is 9.43. The molecule has 1 aromatic rings. The van der Waals surface area contributed by atoms with Crippen LogP contribution < -0.4 is 5.32 Å². The van der Waals surface area contributed by atoms with Crippen molar-refractivity contribution in [3.8, 4) is 0 Å². The molecule has 132 valence electrons. The van der Waals surface area contributed by atoms with Gasteiger partial charge in [0.15, 0.2) is 0 Å². The van der Waals surface area contributed by atoms with Crippen LogP contribution in [0.1, 0.15) is 51.4 Å². The first-order chi connectivity index (χ1) is 10.8. The lowest BCUT2D eigenvalue weighted by Crippen LogP contribution is -2.50. The van der Waals surface area contributed by atoms with E-state index in [1.807, 2.05) is 13.8 Å². The fraction of sp³-hybridized carbons (Fsp3) is 0.529. The molecular formula is C17H24N2O4S. The number of hydrogen-bond acceptors (Lipinski definition) is 4. The Kier molecular flexibility index (Phi) is 4.52. The molecule has 1 aromatic carbocycles. The number of hydrogen-bond donors (Lipinski definition) is 1. The van der Waals surface area contributed by atoms with E-state index in [9.17, 15) is 18.0 Å². The summed E-state index contributed by atoms with van der Waals surface area (Å²) in [5, 5.41) is 2.83. The minimum Gasteiger partial charge on any atom is -0.350 e. The third-order valence-electron chi connectivity index (χ3n) is 3.65. The highest BCUT2D eigenvalue weighted by Gasteiger charge is 2.42. The van der Waals surface area contributed by atoms with Gasteiger partial charge in [-0.3, -0.25) is 9.59 Å². The molecule has 1 aliphatic rings. The van der Waals surface area contributed by atoms with Crippen LogP contribution in [0.5, 0.6) is 0 Å². The number of sulfonamides is 1. The average Bonchev–Trinajstić information content (AvgIpc) is 2.57. The fourth-order valence-corrected chi connectivity index (χ4v) is 4.83. The van der Waals surface area contributed by atoms with E-state index in [1.165, 1.54) is 12.1 Å². The van der Waals surface area contributed by atoms with Crippen LogP contribution in [0.3, 0.4) is 0 Å². The van der Waals surface area contributed by atoms with Crippen molar-refractivity contribution in [2.45, 2.75) is 51.5 Å². The zero-order valence-electron chi connectivity index (χ0n) is 14.7. The lowest BCUT2D eigenvalue weighted by atomic mass is 9.82. The fourth-order valence-electron chi connectivity index (χ4n) is 3.30. The lowest BCUT2D eigenvalue weighted by molar-refractivity contribution is -0.122. The summed E-state index contributed by atoms with van der Waals surface area (Å²) in [5.41, 5.74) is -0.392. The number of nitrogens with one attached hydrogen (secondary N) is 1. The molecule has 0 aliphatic carbocycles. The van der Waals surface area contributed by atoms with Crippen molar-refractivity contribution >= 4 is 21.8 Å². The largest absolute Gasteiger partial charge is 0.350 e. The van der Waals surface area contributed by atoms with E-state index in [4.69, 9.17) is 0 Å². The number of fused-ring (bicyclic) bond motifs is 1. The van der Waals surface area contributed by atoms with Crippen LogP contribution in [0.25, 0.3) is 0 Å². The number of benzene rings is 1. The molecule has 0 saturated heterocycles. The summed E-state index contributed by atoms with van der Waals surface area (Å²) in [7, 11) is -3.96. The summed E-state index contributed by atoms with van der Waals surface area (Å²) < 4.78 is 25.5. The van der Waals surface area contributed by atoms with Crippen LogP contribution >= 0.6 is 0 Å². The third-order valence-corrected chi connectivity index (χ3v) is 5.44. The molecule has 1 N–H and O–H groups in total. The molecule has 0 aromatic heterocycles. The summed E-state index contributed by atoms with van der Waals surface area (Å²) in [6.07, 6.45) is 0.715. The second kappa shape index (κ2) is 5.88. The van der Waals surface area contributed by atoms with Crippen LogP contribution in [-0.2, 0) is 14.8 Å². The van der Waals surface area contributed by atoms with Gasteiger partial charge in [-0.25, -0.2) is 12.7 Å². The minimum atomic E-state index is -3.96. The van der Waals surface area contributed by atoms with E-state index in [-0.39, 0.29) is 15.9 Å². The van der Waals surface area contributed by atoms with Crippen molar-refractivity contribution in [3.63, 3.8) is 0 Å². The maximum Gasteiger partial charge on any atom is 0.269 e. The first kappa shape index (κ1) is 18.4. The van der Waals surface area contributed by atoms with Gasteiger partial charge >= 0.3 is 0 Å². The maximum atomic E-state index is 12.4. The van der Waals surface area contributed by atoms with Gasteiger partial charge in [-0.2, -0.15) is 0 Å². The van der Waals surface area contributed by atoms with Crippen molar-refractivity contribution < 1.29 is 18.0 Å². The average molecular weight is 352 g/mol.